The molecular formula is C27H29N7O3S. The zero-order valence-corrected chi connectivity index (χ0v) is 21.5. The third-order valence-corrected chi connectivity index (χ3v) is 9.04. The van der Waals surface area contributed by atoms with Gasteiger partial charge in [-0.25, -0.2) is 4.79 Å². The number of amides is 4. The molecule has 4 aliphatic rings. The van der Waals surface area contributed by atoms with Crippen molar-refractivity contribution in [2.24, 2.45) is 5.92 Å². The van der Waals surface area contributed by atoms with Gasteiger partial charge < -0.3 is 21.3 Å². The van der Waals surface area contributed by atoms with Crippen LogP contribution < -0.4 is 26.2 Å². The predicted octanol–water partition coefficient (Wildman–Crippen LogP) is 2.28. The first kappa shape index (κ1) is 24.6. The third-order valence-electron chi connectivity index (χ3n) is 7.69. The van der Waals surface area contributed by atoms with E-state index in [1.54, 1.807) is 11.1 Å². The molecule has 4 N–H and O–H groups in total. The predicted molar refractivity (Wildman–Crippen MR) is 145 cm³/mol. The van der Waals surface area contributed by atoms with Crippen LogP contribution in [0, 0.1) is 5.92 Å². The van der Waals surface area contributed by atoms with E-state index in [1.807, 2.05) is 36.4 Å². The SMILES string of the molecule is C=CC(=O)N[C@H]1CCC[C@H]1NC(=O)C1=C2NC(=O)N(c3cc(-c4ccccc4)cnn3)C3CCNC(S1)C23. The van der Waals surface area contributed by atoms with E-state index in [1.165, 1.54) is 17.8 Å². The van der Waals surface area contributed by atoms with Gasteiger partial charge in [-0.2, -0.15) is 5.10 Å². The Bertz CT molecular complexity index is 1320. The Labute approximate surface area is 224 Å². The van der Waals surface area contributed by atoms with Crippen molar-refractivity contribution in [3.05, 3.63) is 65.9 Å². The van der Waals surface area contributed by atoms with Crippen LogP contribution in [-0.2, 0) is 9.59 Å². The fourth-order valence-electron chi connectivity index (χ4n) is 5.93. The summed E-state index contributed by atoms with van der Waals surface area (Å²) in [6.07, 6.45) is 6.16. The first-order chi connectivity index (χ1) is 18.5. The van der Waals surface area contributed by atoms with Crippen LogP contribution in [0.3, 0.4) is 0 Å². The highest BCUT2D eigenvalue weighted by Crippen LogP contribution is 2.48. The summed E-state index contributed by atoms with van der Waals surface area (Å²) < 4.78 is 0. The van der Waals surface area contributed by atoms with Crippen molar-refractivity contribution in [1.29, 1.82) is 0 Å². The number of hydrogen-bond donors (Lipinski definition) is 4. The highest BCUT2D eigenvalue weighted by atomic mass is 32.2. The first-order valence-corrected chi connectivity index (χ1v) is 13.8. The van der Waals surface area contributed by atoms with Crippen molar-refractivity contribution in [3.63, 3.8) is 0 Å². The summed E-state index contributed by atoms with van der Waals surface area (Å²) in [5, 5.41) is 21.0. The van der Waals surface area contributed by atoms with Crippen molar-refractivity contribution >= 4 is 35.4 Å². The van der Waals surface area contributed by atoms with Crippen LogP contribution in [0.1, 0.15) is 25.7 Å². The fraction of sp³-hybridized carbons (Fsp3) is 0.370. The van der Waals surface area contributed by atoms with E-state index < -0.39 is 0 Å². The van der Waals surface area contributed by atoms with Crippen LogP contribution in [0.5, 0.6) is 0 Å². The van der Waals surface area contributed by atoms with Gasteiger partial charge in [0.05, 0.1) is 22.5 Å². The topological polar surface area (TPSA) is 128 Å². The molecule has 3 aliphatic heterocycles. The lowest BCUT2D eigenvalue weighted by Crippen LogP contribution is -2.62. The number of benzene rings is 1. The minimum absolute atomic E-state index is 0.0438. The number of hydrogen-bond acceptors (Lipinski definition) is 7. The van der Waals surface area contributed by atoms with Crippen LogP contribution in [-0.4, -0.2) is 58.1 Å². The van der Waals surface area contributed by atoms with Gasteiger partial charge in [0.25, 0.3) is 5.91 Å². The second kappa shape index (κ2) is 10.2. The van der Waals surface area contributed by atoms with Crippen LogP contribution in [0.2, 0.25) is 0 Å². The number of carbonyl (C=O) groups is 3. The number of piperidine rings is 1. The molecule has 0 spiro atoms. The fourth-order valence-corrected chi connectivity index (χ4v) is 7.33. The Balaban J connectivity index is 1.26. The molecule has 3 unspecified atom stereocenters. The number of nitrogens with zero attached hydrogens (tertiary/aromatic N) is 3. The molecule has 2 saturated heterocycles. The highest BCUT2D eigenvalue weighted by Gasteiger charge is 2.52. The maximum atomic E-state index is 13.5. The molecule has 2 aromatic rings. The van der Waals surface area contributed by atoms with E-state index in [-0.39, 0.29) is 47.3 Å². The second-order valence-electron chi connectivity index (χ2n) is 9.92. The van der Waals surface area contributed by atoms with E-state index in [0.717, 1.165) is 43.4 Å². The largest absolute Gasteiger partial charge is 0.348 e. The zero-order chi connectivity index (χ0) is 26.2. The molecule has 4 heterocycles. The van der Waals surface area contributed by atoms with Crippen molar-refractivity contribution in [3.8, 4) is 11.1 Å². The van der Waals surface area contributed by atoms with Crippen molar-refractivity contribution in [2.75, 3.05) is 11.4 Å². The molecule has 10 nitrogen and oxygen atoms in total. The molecule has 4 amide bonds. The average molecular weight is 532 g/mol. The number of anilines is 1. The summed E-state index contributed by atoms with van der Waals surface area (Å²) in [6, 6.07) is 11.0. The molecule has 11 heteroatoms. The Morgan fingerprint density at radius 3 is 2.68 bits per heavy atom. The summed E-state index contributed by atoms with van der Waals surface area (Å²) in [7, 11) is 0. The second-order valence-corrected chi connectivity index (χ2v) is 11.1. The van der Waals surface area contributed by atoms with E-state index in [2.05, 4.69) is 38.0 Å². The number of nitrogens with one attached hydrogen (secondary N) is 4. The normalized spacial score (nSPS) is 27.9. The summed E-state index contributed by atoms with van der Waals surface area (Å²) in [5.41, 5.74) is 2.54. The van der Waals surface area contributed by atoms with E-state index in [9.17, 15) is 14.4 Å². The van der Waals surface area contributed by atoms with E-state index >= 15 is 0 Å². The Morgan fingerprint density at radius 1 is 1.11 bits per heavy atom. The Morgan fingerprint density at radius 2 is 1.89 bits per heavy atom. The molecule has 0 radical (unpaired) electrons. The molecule has 1 aromatic carbocycles. The monoisotopic (exact) mass is 531 g/mol. The summed E-state index contributed by atoms with van der Waals surface area (Å²) in [5.74, 6) is -0.0627. The van der Waals surface area contributed by atoms with Gasteiger partial charge in [-0.05, 0) is 49.9 Å². The Hall–Kier alpha value is -3.70. The zero-order valence-electron chi connectivity index (χ0n) is 20.7. The maximum absolute atomic E-state index is 13.5. The van der Waals surface area contributed by atoms with Gasteiger partial charge >= 0.3 is 6.03 Å². The lowest BCUT2D eigenvalue weighted by atomic mass is 9.86. The summed E-state index contributed by atoms with van der Waals surface area (Å²) >= 11 is 1.46. The lowest BCUT2D eigenvalue weighted by Gasteiger charge is -2.45. The van der Waals surface area contributed by atoms with Crippen molar-refractivity contribution in [1.82, 2.24) is 31.5 Å². The highest BCUT2D eigenvalue weighted by molar-refractivity contribution is 8.04. The van der Waals surface area contributed by atoms with Gasteiger partial charge in [0.1, 0.15) is 0 Å². The standard InChI is InChI=1S/C27H29N7O3S/c1-2-21(35)30-17-9-6-10-18(17)31-25(36)24-23-22-19(11-12-28-26(22)38-24)34(27(37)32-23)20-13-16(14-29-33-20)15-7-4-3-5-8-15/h2-5,7-8,13-14,17-19,22,26,28H,1,6,9-12H2,(H,30,35)(H,31,36)(H,32,37)/t17-,18+,19?,22?,26?/m0/s1. The molecule has 5 atom stereocenters. The molecule has 0 bridgehead atoms. The minimum Gasteiger partial charge on any atom is -0.348 e. The first-order valence-electron chi connectivity index (χ1n) is 12.9. The summed E-state index contributed by atoms with van der Waals surface area (Å²) in [4.78, 5) is 41.0. The van der Waals surface area contributed by atoms with Crippen LogP contribution in [0.4, 0.5) is 10.6 Å². The Kier molecular flexibility index (Phi) is 6.62. The van der Waals surface area contributed by atoms with Gasteiger partial charge in [-0.15, -0.1) is 5.10 Å². The number of urea groups is 1. The molecule has 1 aromatic heterocycles. The van der Waals surface area contributed by atoms with Gasteiger partial charge in [0.15, 0.2) is 5.82 Å². The van der Waals surface area contributed by atoms with Crippen LogP contribution >= 0.6 is 11.8 Å². The molecule has 196 valence electrons. The van der Waals surface area contributed by atoms with Crippen LogP contribution in [0.25, 0.3) is 11.1 Å². The molecule has 1 saturated carbocycles. The minimum atomic E-state index is -0.314. The number of carbonyl (C=O) groups excluding carboxylic acids is 3. The van der Waals surface area contributed by atoms with E-state index in [4.69, 9.17) is 0 Å². The van der Waals surface area contributed by atoms with E-state index in [0.29, 0.717) is 16.4 Å². The van der Waals surface area contributed by atoms with Gasteiger partial charge in [0, 0.05) is 29.3 Å². The molecule has 6 rings (SSSR count). The van der Waals surface area contributed by atoms with Gasteiger partial charge in [0.2, 0.25) is 5.91 Å². The maximum Gasteiger partial charge on any atom is 0.327 e. The lowest BCUT2D eigenvalue weighted by molar-refractivity contribution is -0.119. The molecule has 1 aliphatic carbocycles. The number of rotatable bonds is 6. The quantitative estimate of drug-likeness (QED) is 0.421. The van der Waals surface area contributed by atoms with Gasteiger partial charge in [-0.1, -0.05) is 48.7 Å². The number of aromatic nitrogens is 2. The molecular weight excluding hydrogens is 502 g/mol. The van der Waals surface area contributed by atoms with Crippen LogP contribution in [0.15, 0.2) is 65.9 Å². The average Bonchev–Trinajstić information content (AvgIpc) is 3.54. The van der Waals surface area contributed by atoms with Crippen molar-refractivity contribution < 1.29 is 14.4 Å². The number of thioether (sulfide) groups is 1. The van der Waals surface area contributed by atoms with Crippen molar-refractivity contribution in [2.45, 2.75) is 49.2 Å². The van der Waals surface area contributed by atoms with Gasteiger partial charge in [-0.3, -0.25) is 14.5 Å². The molecule has 38 heavy (non-hydrogen) atoms. The summed E-state index contributed by atoms with van der Waals surface area (Å²) in [6.45, 7) is 4.23. The molecule has 3 fully saturated rings. The smallest absolute Gasteiger partial charge is 0.327 e. The third kappa shape index (κ3) is 4.45.